The third kappa shape index (κ3) is 7.42. The van der Waals surface area contributed by atoms with Gasteiger partial charge in [-0.2, -0.15) is 5.10 Å². The minimum atomic E-state index is -0.668. The minimum Gasteiger partial charge on any atom is -0.490 e. The molecule has 0 fully saturated rings. The number of halogens is 1. The molecule has 44 heavy (non-hydrogen) atoms. The summed E-state index contributed by atoms with van der Waals surface area (Å²) in [5.74, 6) is -0.181. The number of hydrazone groups is 1. The molecule has 222 valence electrons. The first-order valence-electron chi connectivity index (χ1n) is 13.5. The summed E-state index contributed by atoms with van der Waals surface area (Å²) in [6, 6.07) is 25.0. The highest BCUT2D eigenvalue weighted by Gasteiger charge is 2.18. The van der Waals surface area contributed by atoms with Gasteiger partial charge in [0.05, 0.1) is 23.4 Å². The summed E-state index contributed by atoms with van der Waals surface area (Å²) in [4.78, 5) is 38.7. The number of ether oxygens (including phenoxy) is 4. The van der Waals surface area contributed by atoms with Crippen LogP contribution in [0.1, 0.15) is 38.8 Å². The van der Waals surface area contributed by atoms with E-state index < -0.39 is 17.8 Å². The van der Waals surface area contributed by atoms with Crippen LogP contribution in [0.25, 0.3) is 6.08 Å². The van der Waals surface area contributed by atoms with E-state index in [0.29, 0.717) is 40.5 Å². The first-order valence-corrected chi connectivity index (χ1v) is 13.8. The second-order valence-electron chi connectivity index (χ2n) is 9.20. The predicted molar refractivity (Wildman–Crippen MR) is 164 cm³/mol. The molecule has 0 bridgehead atoms. The van der Waals surface area contributed by atoms with E-state index >= 15 is 0 Å². The van der Waals surface area contributed by atoms with E-state index in [1.54, 1.807) is 97.9 Å². The number of fused-ring (bicyclic) bond motifs is 1. The summed E-state index contributed by atoms with van der Waals surface area (Å²) in [5, 5.41) is 6.97. The van der Waals surface area contributed by atoms with E-state index in [1.807, 2.05) is 0 Å². The van der Waals surface area contributed by atoms with Crippen LogP contribution in [0.5, 0.6) is 23.0 Å². The lowest BCUT2D eigenvalue weighted by molar-refractivity contribution is -0.117. The molecule has 0 saturated carbocycles. The predicted octanol–water partition coefficient (Wildman–Crippen LogP) is 5.61. The van der Waals surface area contributed by atoms with Crippen molar-refractivity contribution in [2.24, 2.45) is 5.10 Å². The molecule has 1 aliphatic rings. The maximum atomic E-state index is 13.2. The Hall–Kier alpha value is -5.61. The van der Waals surface area contributed by atoms with Gasteiger partial charge < -0.3 is 24.3 Å². The largest absolute Gasteiger partial charge is 0.490 e. The lowest BCUT2D eigenvalue weighted by atomic mass is 10.1. The number of nitrogens with one attached hydrogen (secondary N) is 2. The lowest BCUT2D eigenvalue weighted by Gasteiger charge is -2.12. The van der Waals surface area contributed by atoms with E-state index in [9.17, 15) is 14.4 Å². The molecule has 11 heteroatoms. The lowest BCUT2D eigenvalue weighted by Crippen LogP contribution is -2.32. The highest BCUT2D eigenvalue weighted by molar-refractivity contribution is 6.33. The Morgan fingerprint density at radius 3 is 2.43 bits per heavy atom. The van der Waals surface area contributed by atoms with Crippen LogP contribution >= 0.6 is 11.6 Å². The zero-order chi connectivity index (χ0) is 30.9. The standard InChI is InChI=1S/C33H26ClN3O7/c1-2-41-30-18-22(13-15-28(30)44-33(40)24-10-6-7-11-25(24)34)19-35-37-32(39)26(36-31(38)23-8-4-3-5-9-23)16-21-12-14-27-29(17-21)43-20-42-27/h3-19H,2,20H2,1H3,(H,36,38)(H,37,39). The van der Waals surface area contributed by atoms with Crippen molar-refractivity contribution in [1.82, 2.24) is 10.7 Å². The summed E-state index contributed by atoms with van der Waals surface area (Å²) in [6.45, 7) is 2.20. The molecule has 10 nitrogen and oxygen atoms in total. The first-order chi connectivity index (χ1) is 21.4. The number of rotatable bonds is 10. The number of carbonyl (C=O) groups excluding carboxylic acids is 3. The van der Waals surface area contributed by atoms with Crippen LogP contribution in [0, 0.1) is 0 Å². The molecule has 0 aliphatic carbocycles. The van der Waals surface area contributed by atoms with Crippen molar-refractivity contribution < 1.29 is 33.3 Å². The average molecular weight is 612 g/mol. The molecular weight excluding hydrogens is 586 g/mol. The molecule has 0 atom stereocenters. The highest BCUT2D eigenvalue weighted by Crippen LogP contribution is 2.33. The zero-order valence-electron chi connectivity index (χ0n) is 23.4. The molecular formula is C33H26ClN3O7. The van der Waals surface area contributed by atoms with Crippen LogP contribution in [0.3, 0.4) is 0 Å². The summed E-state index contributed by atoms with van der Waals surface area (Å²) in [6.07, 6.45) is 2.89. The second kappa shape index (κ2) is 14.0. The maximum absolute atomic E-state index is 13.2. The molecule has 5 rings (SSSR count). The normalized spacial score (nSPS) is 12.1. The number of nitrogens with zero attached hydrogens (tertiary/aromatic N) is 1. The maximum Gasteiger partial charge on any atom is 0.345 e. The fraction of sp³-hybridized carbons (Fsp3) is 0.0909. The molecule has 2 amide bonds. The average Bonchev–Trinajstić information content (AvgIpc) is 3.50. The van der Waals surface area contributed by atoms with Gasteiger partial charge in [-0.3, -0.25) is 9.59 Å². The van der Waals surface area contributed by atoms with Crippen molar-refractivity contribution in [2.75, 3.05) is 13.4 Å². The molecule has 4 aromatic rings. The Labute approximate surface area is 257 Å². The number of amides is 2. The molecule has 4 aromatic carbocycles. The van der Waals surface area contributed by atoms with Gasteiger partial charge >= 0.3 is 5.97 Å². The van der Waals surface area contributed by atoms with E-state index in [4.69, 9.17) is 30.5 Å². The van der Waals surface area contributed by atoms with E-state index in [0.717, 1.165) is 0 Å². The van der Waals surface area contributed by atoms with Crippen molar-refractivity contribution >= 4 is 41.7 Å². The van der Waals surface area contributed by atoms with Gasteiger partial charge in [-0.15, -0.1) is 0 Å². The van der Waals surface area contributed by atoms with Gasteiger partial charge in [0, 0.05) is 5.56 Å². The summed E-state index contributed by atoms with van der Waals surface area (Å²) < 4.78 is 22.0. The van der Waals surface area contributed by atoms with Gasteiger partial charge in [-0.25, -0.2) is 10.2 Å². The Morgan fingerprint density at radius 1 is 0.886 bits per heavy atom. The Balaban J connectivity index is 1.32. The summed E-state index contributed by atoms with van der Waals surface area (Å²) >= 11 is 6.12. The van der Waals surface area contributed by atoms with Crippen LogP contribution < -0.4 is 29.7 Å². The number of carbonyl (C=O) groups is 3. The molecule has 2 N–H and O–H groups in total. The molecule has 0 radical (unpaired) electrons. The van der Waals surface area contributed by atoms with Gasteiger partial charge in [0.1, 0.15) is 5.70 Å². The number of hydrogen-bond acceptors (Lipinski definition) is 8. The second-order valence-corrected chi connectivity index (χ2v) is 9.61. The molecule has 1 heterocycles. The van der Waals surface area contributed by atoms with E-state index in [2.05, 4.69) is 15.8 Å². The van der Waals surface area contributed by atoms with Crippen molar-refractivity contribution in [1.29, 1.82) is 0 Å². The third-order valence-corrected chi connectivity index (χ3v) is 6.51. The Kier molecular flexibility index (Phi) is 9.53. The fourth-order valence-corrected chi connectivity index (χ4v) is 4.29. The van der Waals surface area contributed by atoms with Crippen LogP contribution in [-0.4, -0.2) is 37.4 Å². The van der Waals surface area contributed by atoms with Gasteiger partial charge in [-0.05, 0) is 78.7 Å². The highest BCUT2D eigenvalue weighted by atomic mass is 35.5. The minimum absolute atomic E-state index is 0.0493. The topological polar surface area (TPSA) is 125 Å². The third-order valence-electron chi connectivity index (χ3n) is 6.18. The van der Waals surface area contributed by atoms with Gasteiger partial charge in [0.2, 0.25) is 6.79 Å². The Morgan fingerprint density at radius 2 is 1.64 bits per heavy atom. The van der Waals surface area contributed by atoms with E-state index in [1.165, 1.54) is 12.3 Å². The quantitative estimate of drug-likeness (QED) is 0.0785. The van der Waals surface area contributed by atoms with Crippen molar-refractivity contribution in [3.05, 3.63) is 124 Å². The van der Waals surface area contributed by atoms with Crippen LogP contribution in [0.15, 0.2) is 102 Å². The van der Waals surface area contributed by atoms with Crippen LogP contribution in [0.4, 0.5) is 0 Å². The number of benzene rings is 4. The summed E-state index contributed by atoms with van der Waals surface area (Å²) in [7, 11) is 0. The SMILES string of the molecule is CCOc1cc(C=NNC(=O)C(=Cc2ccc3c(c2)OCO3)NC(=O)c2ccccc2)ccc1OC(=O)c1ccccc1Cl. The molecule has 1 aliphatic heterocycles. The Bertz CT molecular complexity index is 1760. The van der Waals surface area contributed by atoms with Gasteiger partial charge in [0.25, 0.3) is 11.8 Å². The van der Waals surface area contributed by atoms with Gasteiger partial charge in [0.15, 0.2) is 23.0 Å². The molecule has 0 spiro atoms. The van der Waals surface area contributed by atoms with Crippen molar-refractivity contribution in [3.8, 4) is 23.0 Å². The van der Waals surface area contributed by atoms with Crippen molar-refractivity contribution in [2.45, 2.75) is 6.92 Å². The number of hydrogen-bond donors (Lipinski definition) is 2. The van der Waals surface area contributed by atoms with E-state index in [-0.39, 0.29) is 28.8 Å². The van der Waals surface area contributed by atoms with Crippen LogP contribution in [0.2, 0.25) is 5.02 Å². The molecule has 0 aromatic heterocycles. The smallest absolute Gasteiger partial charge is 0.345 e. The summed E-state index contributed by atoms with van der Waals surface area (Å²) in [5.41, 5.74) is 4.12. The molecule has 0 unspecified atom stereocenters. The number of esters is 1. The monoisotopic (exact) mass is 611 g/mol. The molecule has 0 saturated heterocycles. The van der Waals surface area contributed by atoms with Crippen LogP contribution in [-0.2, 0) is 4.79 Å². The van der Waals surface area contributed by atoms with Crippen molar-refractivity contribution in [3.63, 3.8) is 0 Å². The first kappa shape index (κ1) is 29.9. The van der Waals surface area contributed by atoms with Gasteiger partial charge in [-0.1, -0.05) is 48.0 Å². The fourth-order valence-electron chi connectivity index (χ4n) is 4.08. The zero-order valence-corrected chi connectivity index (χ0v) is 24.2.